The highest BCUT2D eigenvalue weighted by Gasteiger charge is 2.33. The predicted octanol–water partition coefficient (Wildman–Crippen LogP) is 0.773. The van der Waals surface area contributed by atoms with E-state index in [2.05, 4.69) is 6.58 Å². The van der Waals surface area contributed by atoms with Crippen LogP contribution in [0.4, 0.5) is 4.79 Å². The minimum atomic E-state index is -0.821. The molecule has 0 bridgehead atoms. The molecule has 1 N–H and O–H groups in total. The highest BCUT2D eigenvalue weighted by Crippen LogP contribution is 2.17. The van der Waals surface area contributed by atoms with E-state index in [4.69, 9.17) is 5.11 Å². The zero-order chi connectivity index (χ0) is 11.4. The van der Waals surface area contributed by atoms with Gasteiger partial charge in [0.15, 0.2) is 0 Å². The summed E-state index contributed by atoms with van der Waals surface area (Å²) < 4.78 is 0. The van der Waals surface area contributed by atoms with E-state index in [1.807, 2.05) is 0 Å². The number of nitrogens with zero attached hydrogens (tertiary/aromatic N) is 2. The van der Waals surface area contributed by atoms with Crippen LogP contribution in [0, 0.1) is 0 Å². The van der Waals surface area contributed by atoms with Gasteiger partial charge in [0, 0.05) is 26.6 Å². The monoisotopic (exact) mass is 212 g/mol. The number of carbonyl (C=O) groups is 2. The van der Waals surface area contributed by atoms with E-state index in [-0.39, 0.29) is 18.5 Å². The second-order valence-electron chi connectivity index (χ2n) is 3.67. The lowest BCUT2D eigenvalue weighted by Gasteiger charge is -2.16. The van der Waals surface area contributed by atoms with Crippen LogP contribution >= 0.6 is 0 Å². The zero-order valence-corrected chi connectivity index (χ0v) is 8.85. The van der Waals surface area contributed by atoms with Gasteiger partial charge in [-0.25, -0.2) is 4.79 Å². The van der Waals surface area contributed by atoms with Crippen LogP contribution in [-0.2, 0) is 4.79 Å². The van der Waals surface area contributed by atoms with Gasteiger partial charge in [-0.1, -0.05) is 6.08 Å². The molecule has 0 aliphatic carbocycles. The maximum atomic E-state index is 11.6. The maximum Gasteiger partial charge on any atom is 0.320 e. The molecule has 1 aliphatic heterocycles. The maximum absolute atomic E-state index is 11.6. The molecule has 5 nitrogen and oxygen atoms in total. The Morgan fingerprint density at radius 1 is 1.73 bits per heavy atom. The van der Waals surface area contributed by atoms with Crippen LogP contribution in [0.15, 0.2) is 12.7 Å². The Morgan fingerprint density at radius 3 is 2.93 bits per heavy atom. The van der Waals surface area contributed by atoms with Gasteiger partial charge in [-0.05, 0) is 6.42 Å². The number of carboxylic acids is 1. The molecule has 2 amide bonds. The van der Waals surface area contributed by atoms with Crippen LogP contribution in [0.3, 0.4) is 0 Å². The number of aliphatic carboxylic acids is 1. The van der Waals surface area contributed by atoms with E-state index in [1.165, 1.54) is 0 Å². The number of amides is 2. The van der Waals surface area contributed by atoms with E-state index in [0.29, 0.717) is 19.5 Å². The summed E-state index contributed by atoms with van der Waals surface area (Å²) in [5.41, 5.74) is 0. The average molecular weight is 212 g/mol. The summed E-state index contributed by atoms with van der Waals surface area (Å²) in [4.78, 5) is 25.3. The third kappa shape index (κ3) is 2.71. The molecule has 1 heterocycles. The molecule has 1 rings (SSSR count). The van der Waals surface area contributed by atoms with E-state index in [9.17, 15) is 9.59 Å². The molecule has 1 unspecified atom stereocenters. The lowest BCUT2D eigenvalue weighted by molar-refractivity contribution is -0.137. The summed E-state index contributed by atoms with van der Waals surface area (Å²) >= 11 is 0. The topological polar surface area (TPSA) is 60.9 Å². The third-order valence-corrected chi connectivity index (χ3v) is 2.59. The fourth-order valence-corrected chi connectivity index (χ4v) is 1.72. The van der Waals surface area contributed by atoms with Crippen LogP contribution in [0.2, 0.25) is 0 Å². The molecule has 84 valence electrons. The van der Waals surface area contributed by atoms with Gasteiger partial charge in [0.25, 0.3) is 0 Å². The molecule has 0 saturated carbocycles. The second-order valence-corrected chi connectivity index (χ2v) is 3.67. The molecule has 0 aromatic rings. The largest absolute Gasteiger partial charge is 0.481 e. The van der Waals surface area contributed by atoms with E-state index >= 15 is 0 Å². The van der Waals surface area contributed by atoms with Gasteiger partial charge >= 0.3 is 12.0 Å². The van der Waals surface area contributed by atoms with Crippen LogP contribution in [-0.4, -0.2) is 53.1 Å². The van der Waals surface area contributed by atoms with Crippen molar-refractivity contribution in [2.24, 2.45) is 0 Å². The second kappa shape index (κ2) is 4.82. The van der Waals surface area contributed by atoms with E-state index < -0.39 is 5.97 Å². The normalized spacial score (nSPS) is 20.9. The minimum Gasteiger partial charge on any atom is -0.481 e. The van der Waals surface area contributed by atoms with Gasteiger partial charge in [0.05, 0.1) is 6.04 Å². The summed E-state index contributed by atoms with van der Waals surface area (Å²) in [6, 6.07) is -0.0427. The predicted molar refractivity (Wildman–Crippen MR) is 55.6 cm³/mol. The van der Waals surface area contributed by atoms with Crippen LogP contribution in [0.1, 0.15) is 12.8 Å². The van der Waals surface area contributed by atoms with Crippen molar-refractivity contribution in [1.82, 2.24) is 9.80 Å². The van der Waals surface area contributed by atoms with Crippen LogP contribution in [0.5, 0.6) is 0 Å². The first-order chi connectivity index (χ1) is 7.06. The number of rotatable bonds is 5. The van der Waals surface area contributed by atoms with Gasteiger partial charge in [-0.2, -0.15) is 0 Å². The summed E-state index contributed by atoms with van der Waals surface area (Å²) in [5, 5.41) is 8.56. The minimum absolute atomic E-state index is 0.00792. The van der Waals surface area contributed by atoms with Gasteiger partial charge in [-0.15, -0.1) is 6.58 Å². The highest BCUT2D eigenvalue weighted by molar-refractivity contribution is 5.77. The molecule has 0 spiro atoms. The molecule has 1 saturated heterocycles. The fraction of sp³-hybridized carbons (Fsp3) is 0.600. The van der Waals surface area contributed by atoms with E-state index in [1.54, 1.807) is 22.9 Å². The quantitative estimate of drug-likeness (QED) is 0.685. The van der Waals surface area contributed by atoms with Gasteiger partial charge in [0.2, 0.25) is 0 Å². The number of carboxylic acid groups (broad SMARTS) is 1. The summed E-state index contributed by atoms with van der Waals surface area (Å²) in [7, 11) is 1.71. The van der Waals surface area contributed by atoms with Crippen LogP contribution in [0.25, 0.3) is 0 Å². The molecule has 1 atom stereocenters. The average Bonchev–Trinajstić information content (AvgIpc) is 2.44. The fourth-order valence-electron chi connectivity index (χ4n) is 1.72. The van der Waals surface area contributed by atoms with Crippen molar-refractivity contribution >= 4 is 12.0 Å². The molecule has 0 aromatic heterocycles. The SMILES string of the molecule is C=CCN1CC(CCC(=O)O)N(C)C1=O. The first-order valence-electron chi connectivity index (χ1n) is 4.90. The van der Waals surface area contributed by atoms with Crippen molar-refractivity contribution in [3.8, 4) is 0 Å². The zero-order valence-electron chi connectivity index (χ0n) is 8.85. The molecule has 1 aliphatic rings. The van der Waals surface area contributed by atoms with Crippen molar-refractivity contribution in [1.29, 1.82) is 0 Å². The third-order valence-electron chi connectivity index (χ3n) is 2.59. The summed E-state index contributed by atoms with van der Waals surface area (Å²) in [6.45, 7) is 4.69. The number of likely N-dealkylation sites (N-methyl/N-ethyl adjacent to an activating group) is 1. The molecule has 15 heavy (non-hydrogen) atoms. The first-order valence-corrected chi connectivity index (χ1v) is 4.90. The summed E-state index contributed by atoms with van der Waals surface area (Å²) in [5.74, 6) is -0.821. The lowest BCUT2D eigenvalue weighted by Crippen LogP contribution is -2.31. The van der Waals surface area contributed by atoms with Gasteiger partial charge in [0.1, 0.15) is 0 Å². The standard InChI is InChI=1S/C10H16N2O3/c1-3-6-12-7-8(4-5-9(13)14)11(2)10(12)15/h3,8H,1,4-7H2,2H3,(H,13,14). The van der Waals surface area contributed by atoms with Crippen molar-refractivity contribution in [2.75, 3.05) is 20.1 Å². The van der Waals surface area contributed by atoms with Crippen LogP contribution < -0.4 is 0 Å². The highest BCUT2D eigenvalue weighted by atomic mass is 16.4. The first kappa shape index (κ1) is 11.6. The molecule has 0 radical (unpaired) electrons. The van der Waals surface area contributed by atoms with Crippen molar-refractivity contribution in [3.63, 3.8) is 0 Å². The summed E-state index contributed by atoms with van der Waals surface area (Å²) in [6.07, 6.45) is 2.28. The number of urea groups is 1. The Kier molecular flexibility index (Phi) is 3.71. The van der Waals surface area contributed by atoms with Gasteiger partial charge in [-0.3, -0.25) is 4.79 Å². The molecule has 0 aromatic carbocycles. The Bertz CT molecular complexity index is 278. The Balaban J connectivity index is 2.51. The Morgan fingerprint density at radius 2 is 2.40 bits per heavy atom. The molecular weight excluding hydrogens is 196 g/mol. The molecular formula is C10H16N2O3. The van der Waals surface area contributed by atoms with Gasteiger partial charge < -0.3 is 14.9 Å². The van der Waals surface area contributed by atoms with E-state index in [0.717, 1.165) is 0 Å². The Labute approximate surface area is 89.0 Å². The lowest BCUT2D eigenvalue weighted by atomic mass is 10.1. The number of carbonyl (C=O) groups excluding carboxylic acids is 1. The van der Waals surface area contributed by atoms with Crippen molar-refractivity contribution in [3.05, 3.63) is 12.7 Å². The number of hydrogen-bond donors (Lipinski definition) is 1. The van der Waals surface area contributed by atoms with Crippen molar-refractivity contribution in [2.45, 2.75) is 18.9 Å². The smallest absolute Gasteiger partial charge is 0.320 e. The molecule has 5 heteroatoms. The van der Waals surface area contributed by atoms with Crippen molar-refractivity contribution < 1.29 is 14.7 Å². The Hall–Kier alpha value is -1.52. The molecule has 1 fully saturated rings. The number of hydrogen-bond acceptors (Lipinski definition) is 2.